The van der Waals surface area contributed by atoms with E-state index >= 15 is 0 Å². The molecule has 4 heteroatoms. The Labute approximate surface area is 74.6 Å². The first-order valence-corrected chi connectivity index (χ1v) is 4.52. The maximum atomic E-state index is 8.74. The second-order valence-corrected chi connectivity index (χ2v) is 3.68. The van der Waals surface area contributed by atoms with Gasteiger partial charge in [-0.1, -0.05) is 11.6 Å². The molecule has 1 unspecified atom stereocenters. The smallest absolute Gasteiger partial charge is 0.0639 e. The molecule has 0 amide bonds. The molecule has 62 valence electrons. The number of aliphatic hydroxyl groups is 1. The summed E-state index contributed by atoms with van der Waals surface area (Å²) in [5.74, 6) is 0. The molecule has 1 atom stereocenters. The van der Waals surface area contributed by atoms with Crippen LogP contribution in [0.2, 0.25) is 5.02 Å². The van der Waals surface area contributed by atoms with Gasteiger partial charge in [-0.3, -0.25) is 0 Å². The van der Waals surface area contributed by atoms with E-state index in [0.29, 0.717) is 5.02 Å². The van der Waals surface area contributed by atoms with Gasteiger partial charge in [0.25, 0.3) is 0 Å². The number of thiophene rings is 1. The molecular weight excluding hydrogens is 182 g/mol. The molecule has 0 aliphatic heterocycles. The van der Waals surface area contributed by atoms with E-state index in [1.54, 1.807) is 0 Å². The van der Waals surface area contributed by atoms with Gasteiger partial charge in [0.05, 0.1) is 17.7 Å². The molecule has 11 heavy (non-hydrogen) atoms. The normalized spacial score (nSPS) is 13.5. The summed E-state index contributed by atoms with van der Waals surface area (Å²) in [7, 11) is 0. The van der Waals surface area contributed by atoms with E-state index in [0.717, 1.165) is 10.4 Å². The Balaban J connectivity index is 2.94. The largest absolute Gasteiger partial charge is 0.394 e. The van der Waals surface area contributed by atoms with Gasteiger partial charge in [0.2, 0.25) is 0 Å². The fraction of sp³-hybridized carbons (Fsp3) is 0.429. The summed E-state index contributed by atoms with van der Waals surface area (Å²) in [5.41, 5.74) is 6.61. The number of rotatable bonds is 2. The number of hydrogen-bond acceptors (Lipinski definition) is 3. The molecule has 0 fully saturated rings. The molecule has 0 saturated carbocycles. The summed E-state index contributed by atoms with van der Waals surface area (Å²) in [6.07, 6.45) is 0. The van der Waals surface area contributed by atoms with Crippen molar-refractivity contribution in [3.05, 3.63) is 20.8 Å². The SMILES string of the molecule is Cc1csc(C(N)CO)c1Cl. The lowest BCUT2D eigenvalue weighted by Gasteiger charge is -2.04. The highest BCUT2D eigenvalue weighted by Gasteiger charge is 2.12. The van der Waals surface area contributed by atoms with E-state index in [1.165, 1.54) is 11.3 Å². The highest BCUT2D eigenvalue weighted by Crippen LogP contribution is 2.30. The minimum Gasteiger partial charge on any atom is -0.394 e. The van der Waals surface area contributed by atoms with Crippen molar-refractivity contribution in [3.8, 4) is 0 Å². The molecule has 0 radical (unpaired) electrons. The van der Waals surface area contributed by atoms with Crippen molar-refractivity contribution >= 4 is 22.9 Å². The Bertz CT molecular complexity index is 249. The lowest BCUT2D eigenvalue weighted by Crippen LogP contribution is -2.13. The zero-order valence-electron chi connectivity index (χ0n) is 6.17. The maximum Gasteiger partial charge on any atom is 0.0639 e. The molecule has 0 spiro atoms. The predicted molar refractivity (Wildman–Crippen MR) is 48.1 cm³/mol. The Morgan fingerprint density at radius 1 is 1.82 bits per heavy atom. The molecule has 1 aromatic heterocycles. The molecule has 1 heterocycles. The lowest BCUT2D eigenvalue weighted by molar-refractivity contribution is 0.269. The zero-order chi connectivity index (χ0) is 8.43. The van der Waals surface area contributed by atoms with Crippen LogP contribution in [-0.4, -0.2) is 11.7 Å². The van der Waals surface area contributed by atoms with Gasteiger partial charge in [0.15, 0.2) is 0 Å². The van der Waals surface area contributed by atoms with Gasteiger partial charge in [0.1, 0.15) is 0 Å². The van der Waals surface area contributed by atoms with Crippen LogP contribution in [0.1, 0.15) is 16.5 Å². The van der Waals surface area contributed by atoms with Crippen LogP contribution in [0.25, 0.3) is 0 Å². The number of hydrogen-bond donors (Lipinski definition) is 2. The van der Waals surface area contributed by atoms with Gasteiger partial charge in [-0.15, -0.1) is 11.3 Å². The summed E-state index contributed by atoms with van der Waals surface area (Å²) >= 11 is 7.39. The van der Waals surface area contributed by atoms with Gasteiger partial charge in [-0.05, 0) is 17.9 Å². The van der Waals surface area contributed by atoms with Gasteiger partial charge in [-0.2, -0.15) is 0 Å². The summed E-state index contributed by atoms with van der Waals surface area (Å²) in [4.78, 5) is 0.867. The van der Waals surface area contributed by atoms with Crippen LogP contribution >= 0.6 is 22.9 Å². The van der Waals surface area contributed by atoms with Crippen molar-refractivity contribution in [1.82, 2.24) is 0 Å². The summed E-state index contributed by atoms with van der Waals surface area (Å²) in [6.45, 7) is 1.87. The Hall–Kier alpha value is -0.0900. The monoisotopic (exact) mass is 191 g/mol. The maximum absolute atomic E-state index is 8.74. The predicted octanol–water partition coefficient (Wildman–Crippen LogP) is 1.70. The van der Waals surface area contributed by atoms with Crippen molar-refractivity contribution in [2.75, 3.05) is 6.61 Å². The number of aliphatic hydroxyl groups excluding tert-OH is 1. The first-order chi connectivity index (χ1) is 5.16. The molecule has 0 saturated heterocycles. The highest BCUT2D eigenvalue weighted by atomic mass is 35.5. The van der Waals surface area contributed by atoms with Gasteiger partial charge < -0.3 is 10.8 Å². The van der Waals surface area contributed by atoms with E-state index in [9.17, 15) is 0 Å². The van der Waals surface area contributed by atoms with Gasteiger partial charge in [-0.25, -0.2) is 0 Å². The molecule has 0 aliphatic rings. The van der Waals surface area contributed by atoms with Crippen LogP contribution in [0.3, 0.4) is 0 Å². The molecule has 3 N–H and O–H groups in total. The molecule has 1 rings (SSSR count). The van der Waals surface area contributed by atoms with Crippen molar-refractivity contribution in [1.29, 1.82) is 0 Å². The van der Waals surface area contributed by atoms with Crippen molar-refractivity contribution < 1.29 is 5.11 Å². The standard InChI is InChI=1S/C7H10ClNOS/c1-4-3-11-7(6(4)8)5(9)2-10/h3,5,10H,2,9H2,1H3. The van der Waals surface area contributed by atoms with E-state index in [2.05, 4.69) is 0 Å². The topological polar surface area (TPSA) is 46.2 Å². The van der Waals surface area contributed by atoms with E-state index in [4.69, 9.17) is 22.4 Å². The van der Waals surface area contributed by atoms with Gasteiger partial charge in [0, 0.05) is 4.88 Å². The second kappa shape index (κ2) is 3.54. The van der Waals surface area contributed by atoms with E-state index in [1.807, 2.05) is 12.3 Å². The number of aryl methyl sites for hydroxylation is 1. The van der Waals surface area contributed by atoms with Crippen LogP contribution in [-0.2, 0) is 0 Å². The van der Waals surface area contributed by atoms with Crippen LogP contribution < -0.4 is 5.73 Å². The minimum atomic E-state index is -0.332. The summed E-state index contributed by atoms with van der Waals surface area (Å²) < 4.78 is 0. The molecule has 0 bridgehead atoms. The minimum absolute atomic E-state index is 0.0559. The van der Waals surface area contributed by atoms with Gasteiger partial charge >= 0.3 is 0 Å². The van der Waals surface area contributed by atoms with Crippen LogP contribution in [0.15, 0.2) is 5.38 Å². The Morgan fingerprint density at radius 2 is 2.45 bits per heavy atom. The average Bonchev–Trinajstić information content (AvgIpc) is 2.32. The third kappa shape index (κ3) is 1.73. The molecular formula is C7H10ClNOS. The highest BCUT2D eigenvalue weighted by molar-refractivity contribution is 7.10. The Morgan fingerprint density at radius 3 is 2.82 bits per heavy atom. The zero-order valence-corrected chi connectivity index (χ0v) is 7.75. The molecule has 0 aliphatic carbocycles. The first kappa shape index (κ1) is 9.00. The fourth-order valence-corrected chi connectivity index (χ4v) is 2.11. The quantitative estimate of drug-likeness (QED) is 0.748. The van der Waals surface area contributed by atoms with Crippen LogP contribution in [0.5, 0.6) is 0 Å². The Kier molecular flexibility index (Phi) is 2.90. The summed E-state index contributed by atoms with van der Waals surface area (Å²) in [5, 5.41) is 11.4. The summed E-state index contributed by atoms with van der Waals surface area (Å²) in [6, 6.07) is -0.332. The third-order valence-corrected chi connectivity index (χ3v) is 3.30. The second-order valence-electron chi connectivity index (χ2n) is 2.39. The molecule has 2 nitrogen and oxygen atoms in total. The lowest BCUT2D eigenvalue weighted by atomic mass is 10.2. The first-order valence-electron chi connectivity index (χ1n) is 3.26. The number of halogens is 1. The van der Waals surface area contributed by atoms with E-state index in [-0.39, 0.29) is 12.6 Å². The third-order valence-electron chi connectivity index (χ3n) is 1.46. The van der Waals surface area contributed by atoms with Crippen LogP contribution in [0, 0.1) is 6.92 Å². The number of nitrogens with two attached hydrogens (primary N) is 1. The van der Waals surface area contributed by atoms with Crippen LogP contribution in [0.4, 0.5) is 0 Å². The van der Waals surface area contributed by atoms with Crippen molar-refractivity contribution in [2.24, 2.45) is 5.73 Å². The molecule has 0 aromatic carbocycles. The molecule has 1 aromatic rings. The van der Waals surface area contributed by atoms with Crippen molar-refractivity contribution in [2.45, 2.75) is 13.0 Å². The van der Waals surface area contributed by atoms with E-state index < -0.39 is 0 Å². The average molecular weight is 192 g/mol. The van der Waals surface area contributed by atoms with Crippen molar-refractivity contribution in [3.63, 3.8) is 0 Å². The fourth-order valence-electron chi connectivity index (χ4n) is 0.783.